The van der Waals surface area contributed by atoms with Crippen molar-refractivity contribution in [2.75, 3.05) is 11.6 Å². The normalized spacial score (nSPS) is 11.6. The Labute approximate surface area is 147 Å². The van der Waals surface area contributed by atoms with Crippen LogP contribution in [-0.2, 0) is 16.0 Å². The molecule has 0 saturated heterocycles. The van der Waals surface area contributed by atoms with Crippen LogP contribution in [0.25, 0.3) is 0 Å². The van der Waals surface area contributed by atoms with Crippen LogP contribution in [0.3, 0.4) is 0 Å². The monoisotopic (exact) mass is 342 g/mol. The molecule has 2 aromatic rings. The molecule has 0 saturated carbocycles. The van der Waals surface area contributed by atoms with Gasteiger partial charge in [-0.1, -0.05) is 37.3 Å². The molecule has 0 aromatic heterocycles. The number of anilines is 1. The maximum absolute atomic E-state index is 12.1. The zero-order valence-electron chi connectivity index (χ0n) is 14.1. The number of thioether (sulfide) groups is 1. The highest BCUT2D eigenvalue weighted by Gasteiger charge is 2.17. The van der Waals surface area contributed by atoms with Crippen molar-refractivity contribution in [2.24, 2.45) is 0 Å². The average Bonchev–Trinajstić information content (AvgIpc) is 2.61. The zero-order chi connectivity index (χ0) is 17.5. The van der Waals surface area contributed by atoms with Gasteiger partial charge in [0.05, 0.1) is 6.04 Å². The van der Waals surface area contributed by atoms with E-state index in [1.54, 1.807) is 17.8 Å². The lowest BCUT2D eigenvalue weighted by Gasteiger charge is -2.14. The van der Waals surface area contributed by atoms with Gasteiger partial charge in [-0.25, -0.2) is 0 Å². The minimum absolute atomic E-state index is 0.230. The summed E-state index contributed by atoms with van der Waals surface area (Å²) in [5, 5.41) is 5.35. The van der Waals surface area contributed by atoms with E-state index in [1.165, 1.54) is 5.56 Å². The second-order valence-electron chi connectivity index (χ2n) is 5.48. The predicted molar refractivity (Wildman–Crippen MR) is 99.2 cm³/mol. The zero-order valence-corrected chi connectivity index (χ0v) is 14.9. The van der Waals surface area contributed by atoms with Gasteiger partial charge in [-0.3, -0.25) is 9.59 Å². The first-order valence-corrected chi connectivity index (χ1v) is 9.10. The molecular weight excluding hydrogens is 320 g/mol. The van der Waals surface area contributed by atoms with Crippen molar-refractivity contribution in [3.63, 3.8) is 0 Å². The van der Waals surface area contributed by atoms with Crippen molar-refractivity contribution in [3.05, 3.63) is 59.7 Å². The quantitative estimate of drug-likeness (QED) is 0.642. The van der Waals surface area contributed by atoms with Gasteiger partial charge in [0.1, 0.15) is 0 Å². The summed E-state index contributed by atoms with van der Waals surface area (Å²) >= 11 is 1.58. The molecule has 24 heavy (non-hydrogen) atoms. The van der Waals surface area contributed by atoms with Gasteiger partial charge in [0.25, 0.3) is 0 Å². The number of carbonyl (C=O) groups is 2. The third-order valence-corrected chi connectivity index (χ3v) is 4.49. The van der Waals surface area contributed by atoms with E-state index in [0.717, 1.165) is 16.9 Å². The SMILES string of the molecule is CCc1ccc(C(C)NC(=O)C(=O)Nc2cccc(SC)c2)cc1. The summed E-state index contributed by atoms with van der Waals surface area (Å²) in [6, 6.07) is 15.2. The van der Waals surface area contributed by atoms with Crippen LogP contribution in [-0.4, -0.2) is 18.1 Å². The first kappa shape index (κ1) is 18.1. The summed E-state index contributed by atoms with van der Waals surface area (Å²) in [7, 11) is 0. The number of rotatable bonds is 5. The van der Waals surface area contributed by atoms with Crippen molar-refractivity contribution in [2.45, 2.75) is 31.2 Å². The minimum atomic E-state index is -0.662. The van der Waals surface area contributed by atoms with Crippen molar-refractivity contribution in [1.29, 1.82) is 0 Å². The van der Waals surface area contributed by atoms with Gasteiger partial charge in [0.15, 0.2) is 0 Å². The molecule has 1 unspecified atom stereocenters. The molecule has 1 atom stereocenters. The smallest absolute Gasteiger partial charge is 0.313 e. The maximum Gasteiger partial charge on any atom is 0.313 e. The lowest BCUT2D eigenvalue weighted by atomic mass is 10.1. The molecule has 0 bridgehead atoms. The Balaban J connectivity index is 1.95. The van der Waals surface area contributed by atoms with Crippen LogP contribution in [0.4, 0.5) is 5.69 Å². The molecule has 0 aliphatic heterocycles. The first-order chi connectivity index (χ1) is 11.5. The number of hydrogen-bond acceptors (Lipinski definition) is 3. The van der Waals surface area contributed by atoms with Crippen LogP contribution in [0.15, 0.2) is 53.4 Å². The maximum atomic E-state index is 12.1. The highest BCUT2D eigenvalue weighted by molar-refractivity contribution is 7.98. The standard InChI is InChI=1S/C19H22N2O2S/c1-4-14-8-10-15(11-9-14)13(2)20-18(22)19(23)21-16-6-5-7-17(12-16)24-3/h5-13H,4H2,1-3H3,(H,20,22)(H,21,23). The number of nitrogens with one attached hydrogen (secondary N) is 2. The van der Waals surface area contributed by atoms with Crippen LogP contribution in [0.1, 0.15) is 31.0 Å². The third-order valence-electron chi connectivity index (χ3n) is 3.77. The largest absolute Gasteiger partial charge is 0.341 e. The van der Waals surface area contributed by atoms with Gasteiger partial charge < -0.3 is 10.6 Å². The fourth-order valence-electron chi connectivity index (χ4n) is 2.28. The first-order valence-electron chi connectivity index (χ1n) is 7.88. The van der Waals surface area contributed by atoms with E-state index in [1.807, 2.05) is 55.6 Å². The van der Waals surface area contributed by atoms with E-state index in [2.05, 4.69) is 17.6 Å². The molecule has 2 N–H and O–H groups in total. The van der Waals surface area contributed by atoms with Crippen molar-refractivity contribution < 1.29 is 9.59 Å². The number of aryl methyl sites for hydroxylation is 1. The predicted octanol–water partition coefficient (Wildman–Crippen LogP) is 3.79. The Morgan fingerprint density at radius 1 is 1.08 bits per heavy atom. The molecule has 2 amide bonds. The van der Waals surface area contributed by atoms with Gasteiger partial charge in [-0.05, 0) is 48.9 Å². The molecule has 0 spiro atoms. The number of benzene rings is 2. The summed E-state index contributed by atoms with van der Waals surface area (Å²) in [5.74, 6) is -1.30. The van der Waals surface area contributed by atoms with Gasteiger partial charge >= 0.3 is 11.8 Å². The van der Waals surface area contributed by atoms with E-state index < -0.39 is 11.8 Å². The molecule has 5 heteroatoms. The fourth-order valence-corrected chi connectivity index (χ4v) is 2.74. The molecule has 2 rings (SSSR count). The van der Waals surface area contributed by atoms with Gasteiger partial charge in [-0.2, -0.15) is 0 Å². The Bertz CT molecular complexity index is 714. The summed E-state index contributed by atoms with van der Waals surface area (Å²) < 4.78 is 0. The van der Waals surface area contributed by atoms with E-state index >= 15 is 0 Å². The Morgan fingerprint density at radius 2 is 1.79 bits per heavy atom. The van der Waals surface area contributed by atoms with E-state index in [0.29, 0.717) is 5.69 Å². The third kappa shape index (κ3) is 4.86. The van der Waals surface area contributed by atoms with Gasteiger partial charge in [0, 0.05) is 10.6 Å². The number of hydrogen-bond donors (Lipinski definition) is 2. The molecule has 0 fully saturated rings. The molecule has 0 aliphatic carbocycles. The fraction of sp³-hybridized carbons (Fsp3) is 0.263. The summed E-state index contributed by atoms with van der Waals surface area (Å²) in [6.07, 6.45) is 2.93. The molecule has 0 radical (unpaired) electrons. The highest BCUT2D eigenvalue weighted by atomic mass is 32.2. The summed E-state index contributed by atoms with van der Waals surface area (Å²) in [4.78, 5) is 25.2. The van der Waals surface area contributed by atoms with Crippen LogP contribution in [0.5, 0.6) is 0 Å². The molecule has 2 aromatic carbocycles. The van der Waals surface area contributed by atoms with E-state index in [-0.39, 0.29) is 6.04 Å². The summed E-state index contributed by atoms with van der Waals surface area (Å²) in [6.45, 7) is 3.96. The second kappa shape index (κ2) is 8.55. The molecule has 0 aliphatic rings. The second-order valence-corrected chi connectivity index (χ2v) is 6.36. The van der Waals surface area contributed by atoms with Crippen LogP contribution in [0.2, 0.25) is 0 Å². The average molecular weight is 342 g/mol. The molecule has 126 valence electrons. The van der Waals surface area contributed by atoms with Crippen molar-refractivity contribution >= 4 is 29.3 Å². The molecular formula is C19H22N2O2S. The number of carbonyl (C=O) groups excluding carboxylic acids is 2. The van der Waals surface area contributed by atoms with Crippen molar-refractivity contribution in [1.82, 2.24) is 5.32 Å². The molecule has 4 nitrogen and oxygen atoms in total. The summed E-state index contributed by atoms with van der Waals surface area (Å²) in [5.41, 5.74) is 2.82. The highest BCUT2D eigenvalue weighted by Crippen LogP contribution is 2.19. The Kier molecular flexibility index (Phi) is 6.44. The van der Waals surface area contributed by atoms with E-state index in [4.69, 9.17) is 0 Å². The topological polar surface area (TPSA) is 58.2 Å². The van der Waals surface area contributed by atoms with Gasteiger partial charge in [-0.15, -0.1) is 11.8 Å². The van der Waals surface area contributed by atoms with Crippen LogP contribution in [0, 0.1) is 0 Å². The number of amides is 2. The van der Waals surface area contributed by atoms with Crippen LogP contribution >= 0.6 is 11.8 Å². The van der Waals surface area contributed by atoms with Crippen LogP contribution < -0.4 is 10.6 Å². The lowest BCUT2D eigenvalue weighted by molar-refractivity contribution is -0.136. The lowest BCUT2D eigenvalue weighted by Crippen LogP contribution is -2.36. The van der Waals surface area contributed by atoms with Gasteiger partial charge in [0.2, 0.25) is 0 Å². The Morgan fingerprint density at radius 3 is 2.42 bits per heavy atom. The van der Waals surface area contributed by atoms with Crippen molar-refractivity contribution in [3.8, 4) is 0 Å². The van der Waals surface area contributed by atoms with E-state index in [9.17, 15) is 9.59 Å². The minimum Gasteiger partial charge on any atom is -0.341 e. The molecule has 0 heterocycles. The Hall–Kier alpha value is -2.27.